The Bertz CT molecular complexity index is 484. The average Bonchev–Trinajstić information content (AvgIpc) is 2.95. The number of carboxylic acid groups (broad SMARTS) is 1. The molecule has 0 spiro atoms. The number of carboxylic acids is 1. The van der Waals surface area contributed by atoms with Crippen LogP contribution in [0.4, 0.5) is 0 Å². The van der Waals surface area contributed by atoms with Gasteiger partial charge in [-0.3, -0.25) is 9.59 Å². The second-order valence-corrected chi connectivity index (χ2v) is 5.30. The number of hydrogen-bond acceptors (Lipinski definition) is 3. The number of halogens is 1. The summed E-state index contributed by atoms with van der Waals surface area (Å²) in [4.78, 5) is 24.9. The molecule has 0 saturated carbocycles. The standard InChI is InChI=1S/C12H14BrNO4/c1-2-12(11(16)17)5-6-14(7-12)10(15)8-3-4-9(13)18-8/h3-4H,2,5-7H2,1H3,(H,16,17). The lowest BCUT2D eigenvalue weighted by Gasteiger charge is -2.22. The van der Waals surface area contributed by atoms with Crippen molar-refractivity contribution in [3.63, 3.8) is 0 Å². The summed E-state index contributed by atoms with van der Waals surface area (Å²) in [6, 6.07) is 3.23. The highest BCUT2D eigenvalue weighted by Crippen LogP contribution is 2.35. The smallest absolute Gasteiger partial charge is 0.311 e. The van der Waals surface area contributed by atoms with Crippen molar-refractivity contribution in [3.8, 4) is 0 Å². The van der Waals surface area contributed by atoms with Crippen LogP contribution in [0.25, 0.3) is 0 Å². The minimum Gasteiger partial charge on any atom is -0.481 e. The zero-order valence-corrected chi connectivity index (χ0v) is 11.6. The van der Waals surface area contributed by atoms with Crippen molar-refractivity contribution in [1.29, 1.82) is 0 Å². The number of rotatable bonds is 3. The van der Waals surface area contributed by atoms with Gasteiger partial charge in [0.15, 0.2) is 10.4 Å². The molecule has 1 unspecified atom stereocenters. The van der Waals surface area contributed by atoms with E-state index in [9.17, 15) is 14.7 Å². The summed E-state index contributed by atoms with van der Waals surface area (Å²) < 4.78 is 5.69. The molecule has 1 aromatic rings. The van der Waals surface area contributed by atoms with Crippen LogP contribution in [0.1, 0.15) is 30.3 Å². The molecule has 1 aliphatic heterocycles. The predicted molar refractivity (Wildman–Crippen MR) is 67.3 cm³/mol. The largest absolute Gasteiger partial charge is 0.481 e. The molecule has 0 aliphatic carbocycles. The molecule has 0 bridgehead atoms. The molecule has 98 valence electrons. The molecule has 1 amide bonds. The number of carbonyl (C=O) groups is 2. The van der Waals surface area contributed by atoms with Crippen LogP contribution in [0.5, 0.6) is 0 Å². The minimum absolute atomic E-state index is 0.235. The Kier molecular flexibility index (Phi) is 3.47. The minimum atomic E-state index is -0.832. The third-order valence-corrected chi connectivity index (χ3v) is 3.98. The highest BCUT2D eigenvalue weighted by atomic mass is 79.9. The van der Waals surface area contributed by atoms with E-state index in [1.165, 1.54) is 0 Å². The molecular weight excluding hydrogens is 302 g/mol. The van der Waals surface area contributed by atoms with E-state index in [0.29, 0.717) is 24.1 Å². The van der Waals surface area contributed by atoms with Gasteiger partial charge in [-0.25, -0.2) is 0 Å². The monoisotopic (exact) mass is 315 g/mol. The van der Waals surface area contributed by atoms with Crippen molar-refractivity contribution in [2.75, 3.05) is 13.1 Å². The highest BCUT2D eigenvalue weighted by Gasteiger charge is 2.45. The SMILES string of the molecule is CCC1(C(=O)O)CCN(C(=O)c2ccc(Br)o2)C1. The first-order chi connectivity index (χ1) is 8.48. The normalized spacial score (nSPS) is 23.3. The summed E-state index contributed by atoms with van der Waals surface area (Å²) in [5, 5.41) is 9.27. The lowest BCUT2D eigenvalue weighted by molar-refractivity contribution is -0.148. The van der Waals surface area contributed by atoms with Crippen molar-refractivity contribution in [3.05, 3.63) is 22.6 Å². The van der Waals surface area contributed by atoms with Crippen molar-refractivity contribution < 1.29 is 19.1 Å². The van der Waals surface area contributed by atoms with Crippen LogP contribution in [-0.2, 0) is 4.79 Å². The van der Waals surface area contributed by atoms with E-state index in [0.717, 1.165) is 0 Å². The summed E-state index contributed by atoms with van der Waals surface area (Å²) >= 11 is 3.14. The molecule has 18 heavy (non-hydrogen) atoms. The maximum Gasteiger partial charge on any atom is 0.311 e. The van der Waals surface area contributed by atoms with Crippen LogP contribution in [0.2, 0.25) is 0 Å². The molecule has 0 aromatic carbocycles. The van der Waals surface area contributed by atoms with E-state index < -0.39 is 11.4 Å². The first kappa shape index (κ1) is 13.1. The molecule has 1 saturated heterocycles. The number of amides is 1. The molecule has 2 heterocycles. The van der Waals surface area contributed by atoms with Gasteiger partial charge in [0.2, 0.25) is 0 Å². The number of hydrogen-bond donors (Lipinski definition) is 1. The summed E-state index contributed by atoms with van der Waals surface area (Å²) in [7, 11) is 0. The summed E-state index contributed by atoms with van der Waals surface area (Å²) in [5.41, 5.74) is -0.806. The molecule has 6 heteroatoms. The van der Waals surface area contributed by atoms with Crippen molar-refractivity contribution in [2.45, 2.75) is 19.8 Å². The molecule has 1 N–H and O–H groups in total. The molecule has 2 rings (SSSR count). The highest BCUT2D eigenvalue weighted by molar-refractivity contribution is 9.10. The van der Waals surface area contributed by atoms with E-state index in [1.54, 1.807) is 17.0 Å². The second kappa shape index (κ2) is 4.76. The number of aliphatic carboxylic acids is 1. The van der Waals surface area contributed by atoms with E-state index in [-0.39, 0.29) is 18.2 Å². The van der Waals surface area contributed by atoms with Gasteiger partial charge < -0.3 is 14.4 Å². The molecular formula is C12H14BrNO4. The van der Waals surface area contributed by atoms with Crippen LogP contribution in [-0.4, -0.2) is 35.0 Å². The summed E-state index contributed by atoms with van der Waals surface area (Å²) in [6.07, 6.45) is 1.01. The van der Waals surface area contributed by atoms with Crippen molar-refractivity contribution in [2.24, 2.45) is 5.41 Å². The van der Waals surface area contributed by atoms with Crippen LogP contribution < -0.4 is 0 Å². The lowest BCUT2D eigenvalue weighted by Crippen LogP contribution is -2.36. The second-order valence-electron chi connectivity index (χ2n) is 4.52. The fourth-order valence-electron chi connectivity index (χ4n) is 2.25. The van der Waals surface area contributed by atoms with E-state index in [2.05, 4.69) is 15.9 Å². The van der Waals surface area contributed by atoms with Crippen LogP contribution in [0.15, 0.2) is 21.2 Å². The van der Waals surface area contributed by atoms with Gasteiger partial charge in [-0.05, 0) is 40.9 Å². The predicted octanol–water partition coefficient (Wildman–Crippen LogP) is 2.37. The first-order valence-electron chi connectivity index (χ1n) is 5.76. The van der Waals surface area contributed by atoms with Gasteiger partial charge in [0, 0.05) is 13.1 Å². The fourth-order valence-corrected chi connectivity index (χ4v) is 2.55. The van der Waals surface area contributed by atoms with Crippen LogP contribution in [0, 0.1) is 5.41 Å². The molecule has 1 aliphatic rings. The van der Waals surface area contributed by atoms with E-state index in [1.807, 2.05) is 6.92 Å². The molecule has 1 aromatic heterocycles. The van der Waals surface area contributed by atoms with Crippen LogP contribution in [0.3, 0.4) is 0 Å². The van der Waals surface area contributed by atoms with Gasteiger partial charge in [-0.1, -0.05) is 6.92 Å². The van der Waals surface area contributed by atoms with Gasteiger partial charge in [-0.2, -0.15) is 0 Å². The van der Waals surface area contributed by atoms with E-state index in [4.69, 9.17) is 4.42 Å². The van der Waals surface area contributed by atoms with Gasteiger partial charge in [-0.15, -0.1) is 0 Å². The van der Waals surface area contributed by atoms with Gasteiger partial charge in [0.1, 0.15) is 0 Å². The molecule has 5 nitrogen and oxygen atoms in total. The van der Waals surface area contributed by atoms with Gasteiger partial charge >= 0.3 is 5.97 Å². The Morgan fingerprint density at radius 3 is 2.72 bits per heavy atom. The summed E-state index contributed by atoms with van der Waals surface area (Å²) in [5.74, 6) is -0.850. The molecule has 1 atom stereocenters. The number of nitrogens with zero attached hydrogens (tertiary/aromatic N) is 1. The first-order valence-corrected chi connectivity index (χ1v) is 6.56. The Hall–Kier alpha value is -1.30. The molecule has 0 radical (unpaired) electrons. The summed E-state index contributed by atoms with van der Waals surface area (Å²) in [6.45, 7) is 2.54. The van der Waals surface area contributed by atoms with Gasteiger partial charge in [0.25, 0.3) is 5.91 Å². The Morgan fingerprint density at radius 1 is 1.56 bits per heavy atom. The fraction of sp³-hybridized carbons (Fsp3) is 0.500. The topological polar surface area (TPSA) is 70.8 Å². The van der Waals surface area contributed by atoms with E-state index >= 15 is 0 Å². The van der Waals surface area contributed by atoms with Crippen LogP contribution >= 0.6 is 15.9 Å². The number of likely N-dealkylation sites (tertiary alicyclic amines) is 1. The van der Waals surface area contributed by atoms with Gasteiger partial charge in [0.05, 0.1) is 5.41 Å². The number of furan rings is 1. The third kappa shape index (κ3) is 2.16. The average molecular weight is 316 g/mol. The Morgan fingerprint density at radius 2 is 2.28 bits per heavy atom. The Balaban J connectivity index is 2.13. The number of carbonyl (C=O) groups excluding carboxylic acids is 1. The maximum absolute atomic E-state index is 12.1. The third-order valence-electron chi connectivity index (χ3n) is 3.56. The maximum atomic E-state index is 12.1. The van der Waals surface area contributed by atoms with Crippen molar-refractivity contribution in [1.82, 2.24) is 4.90 Å². The van der Waals surface area contributed by atoms with Crippen molar-refractivity contribution >= 4 is 27.8 Å². The Labute approximate surface area is 113 Å². The lowest BCUT2D eigenvalue weighted by atomic mass is 9.84. The zero-order chi connectivity index (χ0) is 13.3. The molecule has 1 fully saturated rings. The quantitative estimate of drug-likeness (QED) is 0.929. The zero-order valence-electron chi connectivity index (χ0n) is 9.98.